The number of likely N-dealkylation sites (N-methyl/N-ethyl adjacent to an activating group) is 1. The van der Waals surface area contributed by atoms with Crippen LogP contribution in [0.4, 0.5) is 0 Å². The number of hydrogen-bond acceptors (Lipinski definition) is 3. The van der Waals surface area contributed by atoms with Crippen molar-refractivity contribution in [1.82, 2.24) is 10.2 Å². The molecule has 1 N–H and O–H groups in total. The van der Waals surface area contributed by atoms with Crippen LogP contribution in [0.1, 0.15) is 106 Å². The second-order valence-electron chi connectivity index (χ2n) is 16.0. The van der Waals surface area contributed by atoms with E-state index in [1.807, 2.05) is 0 Å². The van der Waals surface area contributed by atoms with E-state index >= 15 is 0 Å². The molecule has 0 saturated heterocycles. The Labute approximate surface area is 233 Å². The summed E-state index contributed by atoms with van der Waals surface area (Å²) in [6.45, 7) is 20.6. The lowest BCUT2D eigenvalue weighted by molar-refractivity contribution is -0.233. The lowest BCUT2D eigenvalue weighted by atomic mass is 9.32. The van der Waals surface area contributed by atoms with Gasteiger partial charge in [-0.15, -0.1) is 0 Å². The zero-order valence-electron chi connectivity index (χ0n) is 25.8. The van der Waals surface area contributed by atoms with Gasteiger partial charge in [0.25, 0.3) is 0 Å². The van der Waals surface area contributed by atoms with Crippen LogP contribution in [0, 0.1) is 56.7 Å². The summed E-state index contributed by atoms with van der Waals surface area (Å²) in [7, 11) is 4.15. The highest BCUT2D eigenvalue weighted by molar-refractivity contribution is 5.85. The Morgan fingerprint density at radius 2 is 1.63 bits per heavy atom. The van der Waals surface area contributed by atoms with Crippen molar-refractivity contribution in [2.24, 2.45) is 56.7 Å². The van der Waals surface area contributed by atoms with Gasteiger partial charge in [-0.3, -0.25) is 9.59 Å². The van der Waals surface area contributed by atoms with Crippen molar-refractivity contribution in [2.75, 3.05) is 27.2 Å². The summed E-state index contributed by atoms with van der Waals surface area (Å²) in [5.74, 6) is 3.40. The third kappa shape index (κ3) is 3.70. The standard InChI is InChI=1S/C34H56N2O2/c1-22(2)23-12-17-34(29(38)35-20-21-36(8)9)19-18-32(6)24(28(23)34)10-11-26-31(5)15-14-27(37)30(3,4)25(31)13-16-33(26,32)7/h23-26,28H,1,10-21H2,2-9H3,(H,35,38)/t23-,24+,25-,26+,28+,31-,32+,33+,34-/m0/s1. The predicted octanol–water partition coefficient (Wildman–Crippen LogP) is 6.89. The number of Topliss-reactive ketones (excluding diaryl/α,β-unsaturated/α-hetero) is 1. The van der Waals surface area contributed by atoms with Gasteiger partial charge >= 0.3 is 0 Å². The molecule has 5 saturated carbocycles. The fraction of sp³-hybridized carbons (Fsp3) is 0.882. The van der Waals surface area contributed by atoms with Crippen LogP contribution in [-0.2, 0) is 9.59 Å². The molecule has 0 spiro atoms. The number of allylic oxidation sites excluding steroid dienone is 1. The fourth-order valence-corrected chi connectivity index (χ4v) is 11.9. The van der Waals surface area contributed by atoms with Crippen molar-refractivity contribution < 1.29 is 9.59 Å². The Kier molecular flexibility index (Phi) is 6.85. The van der Waals surface area contributed by atoms with Gasteiger partial charge < -0.3 is 10.2 Å². The maximum absolute atomic E-state index is 14.0. The lowest BCUT2D eigenvalue weighted by Crippen LogP contribution is -2.67. The molecule has 38 heavy (non-hydrogen) atoms. The second kappa shape index (κ2) is 9.18. The molecule has 0 bridgehead atoms. The first-order valence-electron chi connectivity index (χ1n) is 15.8. The van der Waals surface area contributed by atoms with Crippen LogP contribution in [0.3, 0.4) is 0 Å². The van der Waals surface area contributed by atoms with Gasteiger partial charge in [-0.2, -0.15) is 0 Å². The molecule has 0 radical (unpaired) electrons. The molecule has 0 unspecified atom stereocenters. The molecule has 0 heterocycles. The molecular weight excluding hydrogens is 468 g/mol. The predicted molar refractivity (Wildman–Crippen MR) is 156 cm³/mol. The SMILES string of the molecule is C=C(C)[C@@H]1CC[C@]2(C(=O)NCCN(C)C)CC[C@]3(C)[C@H](CC[C@@H]4[C@@]5(C)CCC(=O)C(C)(C)[C@@H]5CC[C@]43C)[C@@H]12. The van der Waals surface area contributed by atoms with E-state index in [2.05, 4.69) is 72.4 Å². The quantitative estimate of drug-likeness (QED) is 0.398. The van der Waals surface area contributed by atoms with E-state index in [0.29, 0.717) is 41.3 Å². The van der Waals surface area contributed by atoms with Crippen molar-refractivity contribution >= 4 is 11.7 Å². The molecule has 0 aromatic carbocycles. The number of carbonyl (C=O) groups excluding carboxylic acids is 2. The molecule has 0 aromatic heterocycles. The molecule has 0 aromatic rings. The Hall–Kier alpha value is -1.16. The Bertz CT molecular complexity index is 1000. The molecule has 5 aliphatic carbocycles. The van der Waals surface area contributed by atoms with Crippen LogP contribution in [0.2, 0.25) is 0 Å². The first-order valence-corrected chi connectivity index (χ1v) is 15.8. The molecule has 0 aliphatic heterocycles. The molecular formula is C34H56N2O2. The Morgan fingerprint density at radius 1 is 0.921 bits per heavy atom. The largest absolute Gasteiger partial charge is 0.354 e. The fourth-order valence-electron chi connectivity index (χ4n) is 11.9. The van der Waals surface area contributed by atoms with Crippen LogP contribution < -0.4 is 5.32 Å². The highest BCUT2D eigenvalue weighted by Crippen LogP contribution is 2.77. The number of carbonyl (C=O) groups is 2. The van der Waals surface area contributed by atoms with Crippen LogP contribution in [0.5, 0.6) is 0 Å². The normalized spacial score (nSPS) is 47.5. The van der Waals surface area contributed by atoms with Crippen LogP contribution >= 0.6 is 0 Å². The third-order valence-electron chi connectivity index (χ3n) is 14.1. The van der Waals surface area contributed by atoms with Crippen molar-refractivity contribution in [3.63, 3.8) is 0 Å². The number of rotatable bonds is 5. The van der Waals surface area contributed by atoms with Gasteiger partial charge in [0.2, 0.25) is 5.91 Å². The Morgan fingerprint density at radius 3 is 2.29 bits per heavy atom. The van der Waals surface area contributed by atoms with E-state index < -0.39 is 0 Å². The number of fused-ring (bicyclic) bond motifs is 7. The molecule has 4 heteroatoms. The summed E-state index contributed by atoms with van der Waals surface area (Å²) in [6, 6.07) is 0. The van der Waals surface area contributed by atoms with E-state index in [1.165, 1.54) is 31.3 Å². The topological polar surface area (TPSA) is 49.4 Å². The number of ketones is 1. The first kappa shape index (κ1) is 28.4. The van der Waals surface area contributed by atoms with Gasteiger partial charge in [-0.25, -0.2) is 0 Å². The maximum atomic E-state index is 14.0. The lowest BCUT2D eigenvalue weighted by Gasteiger charge is -2.72. The van der Waals surface area contributed by atoms with Gasteiger partial charge in [-0.05, 0) is 125 Å². The van der Waals surface area contributed by atoms with E-state index in [4.69, 9.17) is 0 Å². The summed E-state index contributed by atoms with van der Waals surface area (Å²) in [5, 5.41) is 3.39. The highest BCUT2D eigenvalue weighted by Gasteiger charge is 2.71. The van der Waals surface area contributed by atoms with Crippen LogP contribution in [0.15, 0.2) is 12.2 Å². The molecule has 4 nitrogen and oxygen atoms in total. The smallest absolute Gasteiger partial charge is 0.226 e. The molecule has 5 fully saturated rings. The van der Waals surface area contributed by atoms with Gasteiger partial charge in [-0.1, -0.05) is 46.8 Å². The van der Waals surface area contributed by atoms with Gasteiger partial charge in [0.05, 0.1) is 5.41 Å². The maximum Gasteiger partial charge on any atom is 0.226 e. The van der Waals surface area contributed by atoms with Crippen molar-refractivity contribution in [3.05, 3.63) is 12.2 Å². The number of amides is 1. The van der Waals surface area contributed by atoms with Gasteiger partial charge in [0, 0.05) is 24.9 Å². The average Bonchev–Trinajstić information content (AvgIpc) is 3.23. The van der Waals surface area contributed by atoms with Gasteiger partial charge in [0.15, 0.2) is 0 Å². The van der Waals surface area contributed by atoms with Crippen molar-refractivity contribution in [3.8, 4) is 0 Å². The van der Waals surface area contributed by atoms with Crippen LogP contribution in [0.25, 0.3) is 0 Å². The third-order valence-corrected chi connectivity index (χ3v) is 14.1. The van der Waals surface area contributed by atoms with E-state index in [-0.39, 0.29) is 27.1 Å². The molecule has 5 aliphatic rings. The number of hydrogen-bond donors (Lipinski definition) is 1. The molecule has 9 atom stereocenters. The van der Waals surface area contributed by atoms with E-state index in [9.17, 15) is 9.59 Å². The minimum absolute atomic E-state index is 0.199. The minimum Gasteiger partial charge on any atom is -0.354 e. The molecule has 1 amide bonds. The summed E-state index contributed by atoms with van der Waals surface area (Å²) in [5.41, 5.74) is 1.58. The van der Waals surface area contributed by atoms with Crippen LogP contribution in [-0.4, -0.2) is 43.8 Å². The second-order valence-corrected chi connectivity index (χ2v) is 16.0. The zero-order valence-corrected chi connectivity index (χ0v) is 25.8. The summed E-state index contributed by atoms with van der Waals surface area (Å²) < 4.78 is 0. The minimum atomic E-state index is -0.232. The van der Waals surface area contributed by atoms with E-state index in [0.717, 1.165) is 51.6 Å². The molecule has 5 rings (SSSR count). The summed E-state index contributed by atoms with van der Waals surface area (Å²) in [6.07, 6.45) is 11.0. The molecule has 214 valence electrons. The zero-order chi connectivity index (χ0) is 27.9. The number of nitrogens with zero attached hydrogens (tertiary/aromatic N) is 1. The summed E-state index contributed by atoms with van der Waals surface area (Å²) >= 11 is 0. The summed E-state index contributed by atoms with van der Waals surface area (Å²) in [4.78, 5) is 29.2. The van der Waals surface area contributed by atoms with Crippen molar-refractivity contribution in [1.29, 1.82) is 0 Å². The average molecular weight is 525 g/mol. The highest BCUT2D eigenvalue weighted by atomic mass is 16.2. The van der Waals surface area contributed by atoms with Gasteiger partial charge in [0.1, 0.15) is 5.78 Å². The van der Waals surface area contributed by atoms with E-state index in [1.54, 1.807) is 0 Å². The number of nitrogens with one attached hydrogen (secondary N) is 1. The van der Waals surface area contributed by atoms with Crippen molar-refractivity contribution in [2.45, 2.75) is 106 Å². The monoisotopic (exact) mass is 524 g/mol. The Balaban J connectivity index is 1.50. The first-order chi connectivity index (χ1) is 17.6.